The van der Waals surface area contributed by atoms with Gasteiger partial charge in [-0.15, -0.1) is 0 Å². The van der Waals surface area contributed by atoms with Crippen molar-refractivity contribution in [1.82, 2.24) is 19.9 Å². The van der Waals surface area contributed by atoms with Gasteiger partial charge in [0, 0.05) is 0 Å². The SMILES string of the molecule is Fc1ncc2[nH]cnc2n1. The van der Waals surface area contributed by atoms with Crippen molar-refractivity contribution in [1.29, 1.82) is 0 Å². The van der Waals surface area contributed by atoms with Crippen LogP contribution in [0, 0.1) is 6.08 Å². The first-order chi connectivity index (χ1) is 4.86. The molecule has 50 valence electrons. The Balaban J connectivity index is 2.86. The number of aromatic nitrogens is 4. The molecule has 0 bridgehead atoms. The van der Waals surface area contributed by atoms with Crippen LogP contribution in [-0.2, 0) is 0 Å². The fraction of sp³-hybridized carbons (Fsp3) is 0. The zero-order valence-corrected chi connectivity index (χ0v) is 4.87. The van der Waals surface area contributed by atoms with E-state index in [0.29, 0.717) is 11.2 Å². The Kier molecular flexibility index (Phi) is 0.913. The second kappa shape index (κ2) is 1.73. The Morgan fingerprint density at radius 1 is 1.40 bits per heavy atom. The number of aromatic amines is 1. The van der Waals surface area contributed by atoms with Crippen LogP contribution in [0.5, 0.6) is 0 Å². The molecule has 0 aliphatic heterocycles. The molecule has 5 heteroatoms. The van der Waals surface area contributed by atoms with Crippen LogP contribution in [0.1, 0.15) is 0 Å². The number of rotatable bonds is 0. The van der Waals surface area contributed by atoms with Crippen LogP contribution in [-0.4, -0.2) is 19.9 Å². The second-order valence-corrected chi connectivity index (χ2v) is 1.78. The fourth-order valence-electron chi connectivity index (χ4n) is 0.715. The minimum absolute atomic E-state index is 0.354. The molecular weight excluding hydrogens is 135 g/mol. The van der Waals surface area contributed by atoms with Crippen molar-refractivity contribution < 1.29 is 4.39 Å². The van der Waals surface area contributed by atoms with Crippen LogP contribution < -0.4 is 0 Å². The maximum absolute atomic E-state index is 12.2. The lowest BCUT2D eigenvalue weighted by Gasteiger charge is -1.84. The van der Waals surface area contributed by atoms with Crippen LogP contribution in [0.4, 0.5) is 4.39 Å². The van der Waals surface area contributed by atoms with Gasteiger partial charge in [0.15, 0.2) is 5.65 Å². The summed E-state index contributed by atoms with van der Waals surface area (Å²) in [5, 5.41) is 0. The van der Waals surface area contributed by atoms with Crippen LogP contribution in [0.15, 0.2) is 12.5 Å². The monoisotopic (exact) mass is 138 g/mol. The van der Waals surface area contributed by atoms with E-state index < -0.39 is 6.08 Å². The van der Waals surface area contributed by atoms with Gasteiger partial charge in [-0.1, -0.05) is 0 Å². The molecule has 0 amide bonds. The van der Waals surface area contributed by atoms with Crippen molar-refractivity contribution in [3.05, 3.63) is 18.6 Å². The summed E-state index contributed by atoms with van der Waals surface area (Å²) in [6, 6.07) is 0. The molecule has 1 N–H and O–H groups in total. The average Bonchev–Trinajstić information content (AvgIpc) is 2.33. The van der Waals surface area contributed by atoms with Crippen LogP contribution >= 0.6 is 0 Å². The molecule has 2 rings (SSSR count). The zero-order chi connectivity index (χ0) is 6.97. The maximum Gasteiger partial charge on any atom is 0.310 e. The minimum Gasteiger partial charge on any atom is -0.342 e. The smallest absolute Gasteiger partial charge is 0.310 e. The van der Waals surface area contributed by atoms with Crippen molar-refractivity contribution in [2.45, 2.75) is 0 Å². The Morgan fingerprint density at radius 3 is 3.20 bits per heavy atom. The largest absolute Gasteiger partial charge is 0.342 e. The fourth-order valence-corrected chi connectivity index (χ4v) is 0.715. The van der Waals surface area contributed by atoms with E-state index >= 15 is 0 Å². The molecule has 0 radical (unpaired) electrons. The molecule has 0 aliphatic rings. The Hall–Kier alpha value is -1.52. The highest BCUT2D eigenvalue weighted by atomic mass is 19.1. The molecule has 0 aromatic carbocycles. The molecule has 0 saturated carbocycles. The summed E-state index contributed by atoms with van der Waals surface area (Å²) < 4.78 is 12.2. The van der Waals surface area contributed by atoms with E-state index in [0.717, 1.165) is 0 Å². The summed E-state index contributed by atoms with van der Waals surface area (Å²) in [5.41, 5.74) is 0.994. The predicted octanol–water partition coefficient (Wildman–Crippen LogP) is 0.492. The zero-order valence-electron chi connectivity index (χ0n) is 4.87. The molecular formula is C5H3FN4. The number of fused-ring (bicyclic) bond motifs is 1. The molecule has 0 atom stereocenters. The maximum atomic E-state index is 12.2. The molecule has 2 heterocycles. The first kappa shape index (κ1) is 5.28. The molecule has 0 spiro atoms. The highest BCUT2D eigenvalue weighted by molar-refractivity contribution is 5.67. The third kappa shape index (κ3) is 0.637. The van der Waals surface area contributed by atoms with Crippen molar-refractivity contribution in [2.75, 3.05) is 0 Å². The lowest BCUT2D eigenvalue weighted by molar-refractivity contribution is 0.544. The van der Waals surface area contributed by atoms with Gasteiger partial charge in [-0.25, -0.2) is 9.97 Å². The molecule has 0 saturated heterocycles. The number of H-pyrrole nitrogens is 1. The van der Waals surface area contributed by atoms with E-state index in [2.05, 4.69) is 19.9 Å². The summed E-state index contributed by atoms with van der Waals surface area (Å²) in [7, 11) is 0. The highest BCUT2D eigenvalue weighted by Gasteiger charge is 1.98. The second-order valence-electron chi connectivity index (χ2n) is 1.78. The Labute approximate surface area is 55.1 Å². The van der Waals surface area contributed by atoms with Crippen molar-refractivity contribution in [3.8, 4) is 0 Å². The molecule has 2 aromatic heterocycles. The molecule has 0 unspecified atom stereocenters. The third-order valence-electron chi connectivity index (χ3n) is 1.15. The van der Waals surface area contributed by atoms with Gasteiger partial charge in [-0.2, -0.15) is 9.37 Å². The summed E-state index contributed by atoms with van der Waals surface area (Å²) >= 11 is 0. The number of hydrogen-bond donors (Lipinski definition) is 1. The van der Waals surface area contributed by atoms with Crippen LogP contribution in [0.2, 0.25) is 0 Å². The van der Waals surface area contributed by atoms with E-state index in [1.165, 1.54) is 12.5 Å². The molecule has 2 aromatic rings. The van der Waals surface area contributed by atoms with Crippen LogP contribution in [0.3, 0.4) is 0 Å². The van der Waals surface area contributed by atoms with Gasteiger partial charge in [0.1, 0.15) is 5.52 Å². The molecule has 0 aliphatic carbocycles. The summed E-state index contributed by atoms with van der Waals surface area (Å²) in [6.45, 7) is 0. The Morgan fingerprint density at radius 2 is 2.30 bits per heavy atom. The van der Waals surface area contributed by atoms with E-state index in [4.69, 9.17) is 0 Å². The molecule has 4 nitrogen and oxygen atoms in total. The topological polar surface area (TPSA) is 54.5 Å². The minimum atomic E-state index is -0.750. The lowest BCUT2D eigenvalue weighted by atomic mass is 10.6. The van der Waals surface area contributed by atoms with E-state index in [1.807, 2.05) is 0 Å². The van der Waals surface area contributed by atoms with Gasteiger partial charge in [-0.05, 0) is 0 Å². The average molecular weight is 138 g/mol. The number of halogens is 1. The van der Waals surface area contributed by atoms with E-state index in [9.17, 15) is 4.39 Å². The van der Waals surface area contributed by atoms with E-state index in [1.54, 1.807) is 0 Å². The quantitative estimate of drug-likeness (QED) is 0.539. The van der Waals surface area contributed by atoms with Gasteiger partial charge < -0.3 is 4.98 Å². The summed E-state index contributed by atoms with van der Waals surface area (Å²) in [5.74, 6) is 0. The van der Waals surface area contributed by atoms with Gasteiger partial charge in [-0.3, -0.25) is 0 Å². The number of imidazole rings is 1. The normalized spacial score (nSPS) is 10.5. The first-order valence-electron chi connectivity index (χ1n) is 2.68. The summed E-state index contributed by atoms with van der Waals surface area (Å²) in [4.78, 5) is 13.2. The lowest BCUT2D eigenvalue weighted by Crippen LogP contribution is -1.87. The van der Waals surface area contributed by atoms with Gasteiger partial charge in [0.05, 0.1) is 12.5 Å². The summed E-state index contributed by atoms with van der Waals surface area (Å²) in [6.07, 6.45) is 2.04. The standard InChI is InChI=1S/C5H3FN4/c6-5-7-1-3-4(10-5)9-2-8-3/h1-2H,(H,7,8,9,10). The first-order valence-corrected chi connectivity index (χ1v) is 2.68. The van der Waals surface area contributed by atoms with Crippen molar-refractivity contribution in [2.24, 2.45) is 0 Å². The Bertz CT molecular complexity index is 355. The van der Waals surface area contributed by atoms with Crippen molar-refractivity contribution in [3.63, 3.8) is 0 Å². The highest BCUT2D eigenvalue weighted by Crippen LogP contribution is 2.01. The number of nitrogens with zero attached hydrogens (tertiary/aromatic N) is 3. The molecule has 0 fully saturated rings. The molecule has 10 heavy (non-hydrogen) atoms. The van der Waals surface area contributed by atoms with E-state index in [-0.39, 0.29) is 0 Å². The van der Waals surface area contributed by atoms with Crippen LogP contribution in [0.25, 0.3) is 11.2 Å². The predicted molar refractivity (Wildman–Crippen MR) is 31.6 cm³/mol. The number of hydrogen-bond acceptors (Lipinski definition) is 3. The number of nitrogens with one attached hydrogen (secondary N) is 1. The van der Waals surface area contributed by atoms with Crippen molar-refractivity contribution >= 4 is 11.2 Å². The van der Waals surface area contributed by atoms with Gasteiger partial charge >= 0.3 is 6.08 Å². The van der Waals surface area contributed by atoms with Gasteiger partial charge in [0.25, 0.3) is 0 Å². The third-order valence-corrected chi connectivity index (χ3v) is 1.15. The van der Waals surface area contributed by atoms with Gasteiger partial charge in [0.2, 0.25) is 0 Å².